The van der Waals surface area contributed by atoms with Crippen LogP contribution in [0.15, 0.2) is 0 Å². The van der Waals surface area contributed by atoms with Crippen molar-refractivity contribution in [3.63, 3.8) is 0 Å². The predicted octanol–water partition coefficient (Wildman–Crippen LogP) is 0.694. The van der Waals surface area contributed by atoms with Gasteiger partial charge in [-0.15, -0.1) is 0 Å². The van der Waals surface area contributed by atoms with Crippen molar-refractivity contribution >= 4 is 0 Å². The van der Waals surface area contributed by atoms with E-state index >= 15 is 0 Å². The van der Waals surface area contributed by atoms with Gasteiger partial charge in [0.05, 0.1) is 0 Å². The minimum absolute atomic E-state index is 0.472. The van der Waals surface area contributed by atoms with Gasteiger partial charge in [0.1, 0.15) is 0 Å². The first-order chi connectivity index (χ1) is 6.77. The van der Waals surface area contributed by atoms with Crippen molar-refractivity contribution in [1.29, 1.82) is 0 Å². The average molecular weight is 198 g/mol. The fourth-order valence-corrected chi connectivity index (χ4v) is 3.14. The van der Waals surface area contributed by atoms with Crippen LogP contribution in [-0.2, 0) is 4.74 Å². The Balaban J connectivity index is 2.09. The SMILES string of the molecule is CN1CCC(CN)C2(CCOCC2)C1. The van der Waals surface area contributed by atoms with Crippen LogP contribution in [0.2, 0.25) is 0 Å². The fourth-order valence-electron chi connectivity index (χ4n) is 3.14. The van der Waals surface area contributed by atoms with Crippen LogP contribution >= 0.6 is 0 Å². The molecule has 2 N–H and O–H groups in total. The van der Waals surface area contributed by atoms with Gasteiger partial charge in [-0.3, -0.25) is 0 Å². The molecule has 1 spiro atoms. The summed E-state index contributed by atoms with van der Waals surface area (Å²) >= 11 is 0. The maximum atomic E-state index is 5.89. The molecule has 2 saturated heterocycles. The number of likely N-dealkylation sites (tertiary alicyclic amines) is 1. The Kier molecular flexibility index (Phi) is 3.10. The van der Waals surface area contributed by atoms with E-state index in [1.54, 1.807) is 0 Å². The van der Waals surface area contributed by atoms with E-state index in [0.29, 0.717) is 5.41 Å². The zero-order valence-electron chi connectivity index (χ0n) is 9.17. The summed E-state index contributed by atoms with van der Waals surface area (Å²) in [4.78, 5) is 2.46. The van der Waals surface area contributed by atoms with Crippen LogP contribution in [0.4, 0.5) is 0 Å². The third kappa shape index (κ3) is 1.81. The van der Waals surface area contributed by atoms with E-state index < -0.39 is 0 Å². The first-order valence-electron chi connectivity index (χ1n) is 5.73. The largest absolute Gasteiger partial charge is 0.381 e. The van der Waals surface area contributed by atoms with Crippen LogP contribution in [-0.4, -0.2) is 44.8 Å². The number of hydrogen-bond acceptors (Lipinski definition) is 3. The molecule has 0 saturated carbocycles. The van der Waals surface area contributed by atoms with Gasteiger partial charge < -0.3 is 15.4 Å². The van der Waals surface area contributed by atoms with Crippen LogP contribution in [0.25, 0.3) is 0 Å². The number of nitrogens with zero attached hydrogens (tertiary/aromatic N) is 1. The highest BCUT2D eigenvalue weighted by molar-refractivity contribution is 4.94. The summed E-state index contributed by atoms with van der Waals surface area (Å²) in [6, 6.07) is 0. The average Bonchev–Trinajstić information content (AvgIpc) is 2.19. The molecule has 0 aromatic carbocycles. The molecule has 0 aromatic heterocycles. The van der Waals surface area contributed by atoms with E-state index in [-0.39, 0.29) is 0 Å². The van der Waals surface area contributed by atoms with Crippen molar-refractivity contribution in [1.82, 2.24) is 4.90 Å². The lowest BCUT2D eigenvalue weighted by Gasteiger charge is -2.49. The van der Waals surface area contributed by atoms with Gasteiger partial charge in [0.25, 0.3) is 0 Å². The Morgan fingerprint density at radius 3 is 2.79 bits per heavy atom. The van der Waals surface area contributed by atoms with E-state index in [1.165, 1.54) is 32.4 Å². The molecule has 2 heterocycles. The first-order valence-corrected chi connectivity index (χ1v) is 5.73. The van der Waals surface area contributed by atoms with Gasteiger partial charge >= 0.3 is 0 Å². The molecule has 2 fully saturated rings. The van der Waals surface area contributed by atoms with Gasteiger partial charge in [-0.2, -0.15) is 0 Å². The van der Waals surface area contributed by atoms with Gasteiger partial charge in [0.15, 0.2) is 0 Å². The van der Waals surface area contributed by atoms with Crippen molar-refractivity contribution in [2.45, 2.75) is 19.3 Å². The summed E-state index contributed by atoms with van der Waals surface area (Å²) in [7, 11) is 2.23. The molecule has 3 nitrogen and oxygen atoms in total. The standard InChI is InChI=1S/C11H22N2O/c1-13-5-2-10(8-12)11(9-13)3-6-14-7-4-11/h10H,2-9,12H2,1H3. The molecule has 2 aliphatic heterocycles. The topological polar surface area (TPSA) is 38.5 Å². The lowest BCUT2D eigenvalue weighted by atomic mass is 9.66. The molecule has 0 radical (unpaired) electrons. The fraction of sp³-hybridized carbons (Fsp3) is 1.00. The Bertz CT molecular complexity index is 190. The normalized spacial score (nSPS) is 33.4. The molecular formula is C11H22N2O. The molecule has 14 heavy (non-hydrogen) atoms. The van der Waals surface area contributed by atoms with Crippen molar-refractivity contribution in [2.75, 3.05) is 39.9 Å². The van der Waals surface area contributed by atoms with Gasteiger partial charge in [0, 0.05) is 19.8 Å². The zero-order chi connectivity index (χ0) is 10.0. The van der Waals surface area contributed by atoms with Gasteiger partial charge in [0.2, 0.25) is 0 Å². The smallest absolute Gasteiger partial charge is 0.0471 e. The summed E-state index contributed by atoms with van der Waals surface area (Å²) in [5.74, 6) is 0.725. The number of ether oxygens (including phenoxy) is 1. The highest BCUT2D eigenvalue weighted by Crippen LogP contribution is 2.42. The van der Waals surface area contributed by atoms with Gasteiger partial charge in [-0.1, -0.05) is 0 Å². The van der Waals surface area contributed by atoms with Crippen LogP contribution in [0.1, 0.15) is 19.3 Å². The summed E-state index contributed by atoms with van der Waals surface area (Å²) in [6.07, 6.45) is 3.69. The highest BCUT2D eigenvalue weighted by Gasteiger charge is 2.42. The van der Waals surface area contributed by atoms with Crippen LogP contribution in [0.3, 0.4) is 0 Å². The van der Waals surface area contributed by atoms with E-state index in [9.17, 15) is 0 Å². The van der Waals surface area contributed by atoms with Crippen LogP contribution in [0.5, 0.6) is 0 Å². The number of nitrogens with two attached hydrogens (primary N) is 1. The number of piperidine rings is 1. The Morgan fingerprint density at radius 1 is 1.43 bits per heavy atom. The predicted molar refractivity (Wildman–Crippen MR) is 57.1 cm³/mol. The van der Waals surface area contributed by atoms with Crippen LogP contribution in [0, 0.1) is 11.3 Å². The summed E-state index contributed by atoms with van der Waals surface area (Å²) in [5.41, 5.74) is 6.37. The minimum Gasteiger partial charge on any atom is -0.381 e. The maximum Gasteiger partial charge on any atom is 0.0471 e. The van der Waals surface area contributed by atoms with Crippen molar-refractivity contribution in [2.24, 2.45) is 17.1 Å². The maximum absolute atomic E-state index is 5.89. The number of hydrogen-bond donors (Lipinski definition) is 1. The molecule has 0 bridgehead atoms. The monoisotopic (exact) mass is 198 g/mol. The third-order valence-electron chi connectivity index (χ3n) is 4.08. The van der Waals surface area contributed by atoms with E-state index in [4.69, 9.17) is 10.5 Å². The zero-order valence-corrected chi connectivity index (χ0v) is 9.17. The second-order valence-corrected chi connectivity index (χ2v) is 4.93. The van der Waals surface area contributed by atoms with Gasteiger partial charge in [-0.25, -0.2) is 0 Å². The van der Waals surface area contributed by atoms with Crippen molar-refractivity contribution in [3.8, 4) is 0 Å². The van der Waals surface area contributed by atoms with E-state index in [0.717, 1.165) is 25.7 Å². The minimum atomic E-state index is 0.472. The highest BCUT2D eigenvalue weighted by atomic mass is 16.5. The molecule has 0 aliphatic carbocycles. The lowest BCUT2D eigenvalue weighted by molar-refractivity contribution is -0.0552. The Labute approximate surface area is 86.6 Å². The molecule has 0 aromatic rings. The summed E-state index contributed by atoms with van der Waals surface area (Å²) in [6.45, 7) is 5.16. The second kappa shape index (κ2) is 4.17. The molecule has 1 atom stereocenters. The van der Waals surface area contributed by atoms with Crippen LogP contribution < -0.4 is 5.73 Å². The molecule has 82 valence electrons. The molecule has 2 rings (SSSR count). The third-order valence-corrected chi connectivity index (χ3v) is 4.08. The first kappa shape index (κ1) is 10.4. The molecule has 3 heteroatoms. The lowest BCUT2D eigenvalue weighted by Crippen LogP contribution is -2.52. The van der Waals surface area contributed by atoms with E-state index in [2.05, 4.69) is 11.9 Å². The van der Waals surface area contributed by atoms with Crippen molar-refractivity contribution < 1.29 is 4.74 Å². The summed E-state index contributed by atoms with van der Waals surface area (Å²) in [5, 5.41) is 0. The molecule has 0 amide bonds. The molecule has 1 unspecified atom stereocenters. The second-order valence-electron chi connectivity index (χ2n) is 4.93. The molecular weight excluding hydrogens is 176 g/mol. The number of rotatable bonds is 1. The summed E-state index contributed by atoms with van der Waals surface area (Å²) < 4.78 is 5.47. The van der Waals surface area contributed by atoms with Gasteiger partial charge in [-0.05, 0) is 50.7 Å². The molecule has 2 aliphatic rings. The Morgan fingerprint density at radius 2 is 2.14 bits per heavy atom. The Hall–Kier alpha value is -0.120. The van der Waals surface area contributed by atoms with E-state index in [1.807, 2.05) is 0 Å². The van der Waals surface area contributed by atoms with Crippen molar-refractivity contribution in [3.05, 3.63) is 0 Å². The quantitative estimate of drug-likeness (QED) is 0.674.